The molecule has 0 aliphatic carbocycles. The third-order valence-corrected chi connectivity index (χ3v) is 2.72. The summed E-state index contributed by atoms with van der Waals surface area (Å²) in [6.07, 6.45) is -1.61. The highest BCUT2D eigenvalue weighted by Crippen LogP contribution is 2.40. The van der Waals surface area contributed by atoms with Gasteiger partial charge in [-0.15, -0.1) is 0 Å². The van der Waals surface area contributed by atoms with Crippen LogP contribution in [0.4, 0.5) is 0 Å². The third-order valence-electron chi connectivity index (χ3n) is 2.72. The van der Waals surface area contributed by atoms with Gasteiger partial charge in [-0.3, -0.25) is 0 Å². The summed E-state index contributed by atoms with van der Waals surface area (Å²) in [5.41, 5.74) is 0.979. The summed E-state index contributed by atoms with van der Waals surface area (Å²) in [7, 11) is 2.98. The fourth-order valence-electron chi connectivity index (χ4n) is 1.90. The summed E-state index contributed by atoms with van der Waals surface area (Å²) in [4.78, 5) is 10.9. The van der Waals surface area contributed by atoms with Crippen LogP contribution in [-0.2, 0) is 4.79 Å². The van der Waals surface area contributed by atoms with Crippen molar-refractivity contribution in [3.8, 4) is 11.5 Å². The number of ether oxygens (including phenoxy) is 2. The SMILES string of the molecule is COc1ccc(C(O)C(=O)O)c(OC)c1C(C)C. The molecule has 0 heterocycles. The van der Waals surface area contributed by atoms with Crippen molar-refractivity contribution in [1.82, 2.24) is 0 Å². The average molecular weight is 254 g/mol. The molecule has 5 nitrogen and oxygen atoms in total. The van der Waals surface area contributed by atoms with Crippen molar-refractivity contribution >= 4 is 5.97 Å². The Balaban J connectivity index is 3.47. The van der Waals surface area contributed by atoms with Crippen molar-refractivity contribution in [2.75, 3.05) is 14.2 Å². The van der Waals surface area contributed by atoms with Crippen molar-refractivity contribution in [2.24, 2.45) is 0 Å². The molecule has 0 amide bonds. The summed E-state index contributed by atoms with van der Waals surface area (Å²) in [5.74, 6) is -0.258. The molecule has 0 saturated carbocycles. The van der Waals surface area contributed by atoms with Crippen molar-refractivity contribution in [3.05, 3.63) is 23.3 Å². The number of carbonyl (C=O) groups is 1. The van der Waals surface area contributed by atoms with E-state index >= 15 is 0 Å². The van der Waals surface area contributed by atoms with Gasteiger partial charge in [0, 0.05) is 11.1 Å². The second-order valence-corrected chi connectivity index (χ2v) is 4.20. The van der Waals surface area contributed by atoms with E-state index in [0.29, 0.717) is 11.5 Å². The number of hydrogen-bond donors (Lipinski definition) is 2. The van der Waals surface area contributed by atoms with Crippen molar-refractivity contribution in [2.45, 2.75) is 25.9 Å². The molecule has 0 radical (unpaired) electrons. The van der Waals surface area contributed by atoms with Crippen LogP contribution in [0.3, 0.4) is 0 Å². The zero-order valence-electron chi connectivity index (χ0n) is 10.9. The largest absolute Gasteiger partial charge is 0.496 e. The Morgan fingerprint density at radius 3 is 2.22 bits per heavy atom. The first-order chi connectivity index (χ1) is 8.43. The lowest BCUT2D eigenvalue weighted by molar-refractivity contribution is -0.147. The van der Waals surface area contributed by atoms with Gasteiger partial charge in [-0.05, 0) is 18.1 Å². The molecule has 0 fully saturated rings. The van der Waals surface area contributed by atoms with Crippen LogP contribution in [0.15, 0.2) is 12.1 Å². The number of methoxy groups -OCH3 is 2. The quantitative estimate of drug-likeness (QED) is 0.839. The van der Waals surface area contributed by atoms with Gasteiger partial charge in [-0.25, -0.2) is 4.79 Å². The maximum atomic E-state index is 10.9. The minimum absolute atomic E-state index is 0.0795. The molecule has 1 rings (SSSR count). The molecule has 0 saturated heterocycles. The molecule has 1 atom stereocenters. The molecule has 1 aromatic carbocycles. The molecule has 0 aliphatic rings. The fraction of sp³-hybridized carbons (Fsp3) is 0.462. The first-order valence-corrected chi connectivity index (χ1v) is 5.59. The fourth-order valence-corrected chi connectivity index (χ4v) is 1.90. The van der Waals surface area contributed by atoms with Crippen LogP contribution in [-0.4, -0.2) is 30.4 Å². The normalized spacial score (nSPS) is 12.3. The second-order valence-electron chi connectivity index (χ2n) is 4.20. The van der Waals surface area contributed by atoms with Crippen LogP contribution < -0.4 is 9.47 Å². The van der Waals surface area contributed by atoms with Gasteiger partial charge in [0.05, 0.1) is 14.2 Å². The lowest BCUT2D eigenvalue weighted by Crippen LogP contribution is -2.13. The maximum Gasteiger partial charge on any atom is 0.337 e. The average Bonchev–Trinajstić information content (AvgIpc) is 2.35. The van der Waals surface area contributed by atoms with Gasteiger partial charge < -0.3 is 19.7 Å². The molecule has 0 aromatic heterocycles. The minimum atomic E-state index is -1.61. The number of hydrogen-bond acceptors (Lipinski definition) is 4. The molecule has 5 heteroatoms. The molecule has 18 heavy (non-hydrogen) atoms. The third kappa shape index (κ3) is 2.56. The maximum absolute atomic E-state index is 10.9. The number of aliphatic carboxylic acids is 1. The standard InChI is InChI=1S/C13H18O5/c1-7(2)10-9(17-3)6-5-8(12(10)18-4)11(14)13(15)16/h5-7,11,14H,1-4H3,(H,15,16). The summed E-state index contributed by atoms with van der Waals surface area (Å²) in [6.45, 7) is 3.88. The van der Waals surface area contributed by atoms with Gasteiger partial charge in [0.15, 0.2) is 6.10 Å². The molecule has 0 aliphatic heterocycles. The molecule has 0 bridgehead atoms. The Morgan fingerprint density at radius 2 is 1.83 bits per heavy atom. The van der Waals surface area contributed by atoms with Crippen LogP contribution in [0.1, 0.15) is 37.0 Å². The highest BCUT2D eigenvalue weighted by molar-refractivity contribution is 5.76. The summed E-state index contributed by atoms with van der Waals surface area (Å²) in [6, 6.07) is 3.14. The van der Waals surface area contributed by atoms with E-state index in [1.165, 1.54) is 20.3 Å². The highest BCUT2D eigenvalue weighted by atomic mass is 16.5. The monoisotopic (exact) mass is 254 g/mol. The number of benzene rings is 1. The van der Waals surface area contributed by atoms with E-state index in [9.17, 15) is 9.90 Å². The van der Waals surface area contributed by atoms with E-state index in [1.54, 1.807) is 6.07 Å². The van der Waals surface area contributed by atoms with Crippen molar-refractivity contribution in [1.29, 1.82) is 0 Å². The van der Waals surface area contributed by atoms with Crippen LogP contribution in [0.2, 0.25) is 0 Å². The van der Waals surface area contributed by atoms with Crippen LogP contribution in [0.5, 0.6) is 11.5 Å². The number of rotatable bonds is 5. The van der Waals surface area contributed by atoms with E-state index < -0.39 is 12.1 Å². The highest BCUT2D eigenvalue weighted by Gasteiger charge is 2.25. The van der Waals surface area contributed by atoms with Gasteiger partial charge in [0.1, 0.15) is 11.5 Å². The lowest BCUT2D eigenvalue weighted by Gasteiger charge is -2.20. The van der Waals surface area contributed by atoms with E-state index in [1.807, 2.05) is 13.8 Å². The Hall–Kier alpha value is -1.75. The first-order valence-electron chi connectivity index (χ1n) is 5.59. The molecule has 1 aromatic rings. The second kappa shape index (κ2) is 5.73. The molecule has 100 valence electrons. The zero-order valence-corrected chi connectivity index (χ0v) is 10.9. The number of aliphatic hydroxyl groups is 1. The Bertz CT molecular complexity index is 439. The number of carboxylic acids is 1. The van der Waals surface area contributed by atoms with Gasteiger partial charge in [-0.1, -0.05) is 13.8 Å². The predicted octanol–water partition coefficient (Wildman–Crippen LogP) is 1.95. The number of carboxylic acid groups (broad SMARTS) is 1. The van der Waals surface area contributed by atoms with Gasteiger partial charge in [0.2, 0.25) is 0 Å². The molecule has 2 N–H and O–H groups in total. The van der Waals surface area contributed by atoms with Gasteiger partial charge in [0.25, 0.3) is 0 Å². The minimum Gasteiger partial charge on any atom is -0.496 e. The summed E-state index contributed by atoms with van der Waals surface area (Å²) in [5, 5.41) is 18.5. The van der Waals surface area contributed by atoms with Crippen LogP contribution in [0, 0.1) is 0 Å². The smallest absolute Gasteiger partial charge is 0.337 e. The summed E-state index contributed by atoms with van der Waals surface area (Å²) < 4.78 is 10.5. The Kier molecular flexibility index (Phi) is 4.55. The predicted molar refractivity (Wildman–Crippen MR) is 66.2 cm³/mol. The van der Waals surface area contributed by atoms with Crippen LogP contribution >= 0.6 is 0 Å². The van der Waals surface area contributed by atoms with E-state index in [2.05, 4.69) is 0 Å². The molecular formula is C13H18O5. The number of aliphatic hydroxyl groups excluding tert-OH is 1. The van der Waals surface area contributed by atoms with Crippen LogP contribution in [0.25, 0.3) is 0 Å². The van der Waals surface area contributed by atoms with E-state index in [0.717, 1.165) is 5.56 Å². The molecular weight excluding hydrogens is 236 g/mol. The topological polar surface area (TPSA) is 76.0 Å². The van der Waals surface area contributed by atoms with E-state index in [4.69, 9.17) is 14.6 Å². The molecule has 0 spiro atoms. The lowest BCUT2D eigenvalue weighted by atomic mass is 9.95. The van der Waals surface area contributed by atoms with Crippen molar-refractivity contribution in [3.63, 3.8) is 0 Å². The Labute approximate surface area is 106 Å². The molecule has 1 unspecified atom stereocenters. The summed E-state index contributed by atoms with van der Waals surface area (Å²) >= 11 is 0. The van der Waals surface area contributed by atoms with Gasteiger partial charge >= 0.3 is 5.97 Å². The van der Waals surface area contributed by atoms with E-state index in [-0.39, 0.29) is 11.5 Å². The van der Waals surface area contributed by atoms with Crippen molar-refractivity contribution < 1.29 is 24.5 Å². The zero-order chi connectivity index (χ0) is 13.9. The first kappa shape index (κ1) is 14.3. The Morgan fingerprint density at radius 1 is 1.22 bits per heavy atom. The van der Waals surface area contributed by atoms with Gasteiger partial charge in [-0.2, -0.15) is 0 Å².